The minimum Gasteiger partial charge on any atom is -0.395 e. The highest BCUT2D eigenvalue weighted by molar-refractivity contribution is 7.89. The second-order valence-corrected chi connectivity index (χ2v) is 3.91. The second-order valence-electron chi connectivity index (χ2n) is 1.98. The van der Waals surface area contributed by atoms with Crippen molar-refractivity contribution in [3.05, 3.63) is 0 Å². The van der Waals surface area contributed by atoms with Gasteiger partial charge in [-0.1, -0.05) is 0 Å². The molecule has 0 aromatic carbocycles. The van der Waals surface area contributed by atoms with Crippen molar-refractivity contribution >= 4 is 10.0 Å². The van der Waals surface area contributed by atoms with Crippen LogP contribution in [0.25, 0.3) is 0 Å². The van der Waals surface area contributed by atoms with Gasteiger partial charge in [0.05, 0.1) is 12.4 Å². The standard InChI is InChI=1S/C4H8F3NO3S/c5-4(6,7)3-8-12(10,11)2-1-9/h8-9H,1-3H2. The van der Waals surface area contributed by atoms with Gasteiger partial charge in [0.2, 0.25) is 10.0 Å². The summed E-state index contributed by atoms with van der Waals surface area (Å²) in [5.74, 6) is -0.719. The molecule has 0 atom stereocenters. The van der Waals surface area contributed by atoms with Crippen LogP contribution in [0.3, 0.4) is 0 Å². The molecule has 0 heterocycles. The Labute approximate surface area is 67.4 Å². The van der Waals surface area contributed by atoms with Gasteiger partial charge in [-0.25, -0.2) is 13.1 Å². The lowest BCUT2D eigenvalue weighted by atomic mass is 10.7. The van der Waals surface area contributed by atoms with Crippen LogP contribution in [0.5, 0.6) is 0 Å². The molecule has 0 saturated heterocycles. The zero-order valence-electron chi connectivity index (χ0n) is 5.93. The lowest BCUT2D eigenvalue weighted by Gasteiger charge is -2.07. The van der Waals surface area contributed by atoms with E-state index in [0.717, 1.165) is 0 Å². The van der Waals surface area contributed by atoms with E-state index in [1.165, 1.54) is 4.72 Å². The maximum absolute atomic E-state index is 11.4. The molecule has 0 aliphatic heterocycles. The summed E-state index contributed by atoms with van der Waals surface area (Å²) in [5.41, 5.74) is 0. The van der Waals surface area contributed by atoms with E-state index in [1.807, 2.05) is 0 Å². The van der Waals surface area contributed by atoms with Gasteiger partial charge >= 0.3 is 6.18 Å². The molecule has 4 nitrogen and oxygen atoms in total. The normalized spacial score (nSPS) is 13.3. The van der Waals surface area contributed by atoms with E-state index in [-0.39, 0.29) is 0 Å². The molecule has 0 amide bonds. The highest BCUT2D eigenvalue weighted by atomic mass is 32.2. The molecule has 0 saturated carbocycles. The summed E-state index contributed by atoms with van der Waals surface area (Å²) in [6.07, 6.45) is -4.57. The zero-order chi connectivity index (χ0) is 9.83. The minimum absolute atomic E-state index is 0.701. The van der Waals surface area contributed by atoms with Gasteiger partial charge in [-0.2, -0.15) is 13.2 Å². The quantitative estimate of drug-likeness (QED) is 0.650. The first-order valence-electron chi connectivity index (χ1n) is 2.92. The molecule has 8 heteroatoms. The maximum atomic E-state index is 11.4. The number of aliphatic hydroxyl groups excluding tert-OH is 1. The Hall–Kier alpha value is -0.340. The average molecular weight is 207 g/mol. The van der Waals surface area contributed by atoms with E-state index in [9.17, 15) is 21.6 Å². The molecule has 0 aromatic heterocycles. The van der Waals surface area contributed by atoms with Crippen LogP contribution in [0.1, 0.15) is 0 Å². The largest absolute Gasteiger partial charge is 0.402 e. The fraction of sp³-hybridized carbons (Fsp3) is 1.00. The van der Waals surface area contributed by atoms with E-state index >= 15 is 0 Å². The van der Waals surface area contributed by atoms with Gasteiger partial charge in [0.1, 0.15) is 6.54 Å². The molecule has 0 fully saturated rings. The molecule has 0 radical (unpaired) electrons. The molecule has 0 aliphatic rings. The molecule has 0 bridgehead atoms. The molecule has 0 unspecified atom stereocenters. The molecule has 2 N–H and O–H groups in total. The predicted molar refractivity (Wildman–Crippen MR) is 34.9 cm³/mol. The van der Waals surface area contributed by atoms with Crippen molar-refractivity contribution < 1.29 is 26.7 Å². The first kappa shape index (κ1) is 11.7. The van der Waals surface area contributed by atoms with Crippen LogP contribution >= 0.6 is 0 Å². The fourth-order valence-electron chi connectivity index (χ4n) is 0.384. The lowest BCUT2D eigenvalue weighted by Crippen LogP contribution is -2.35. The number of nitrogens with one attached hydrogen (secondary N) is 1. The van der Waals surface area contributed by atoms with Gasteiger partial charge in [-0.3, -0.25) is 0 Å². The zero-order valence-corrected chi connectivity index (χ0v) is 6.74. The van der Waals surface area contributed by atoms with Crippen molar-refractivity contribution in [2.24, 2.45) is 0 Å². The smallest absolute Gasteiger partial charge is 0.395 e. The van der Waals surface area contributed by atoms with Gasteiger partial charge in [0, 0.05) is 0 Å². The summed E-state index contributed by atoms with van der Waals surface area (Å²) in [6, 6.07) is 0. The Morgan fingerprint density at radius 3 is 2.17 bits per heavy atom. The number of halogens is 3. The van der Waals surface area contributed by atoms with Gasteiger partial charge in [0.15, 0.2) is 0 Å². The average Bonchev–Trinajstić information content (AvgIpc) is 1.83. The summed E-state index contributed by atoms with van der Waals surface area (Å²) in [4.78, 5) is 0. The van der Waals surface area contributed by atoms with E-state index in [0.29, 0.717) is 0 Å². The molecular formula is C4H8F3NO3S. The third kappa shape index (κ3) is 6.38. The summed E-state index contributed by atoms with van der Waals surface area (Å²) in [6.45, 7) is -2.30. The molecular weight excluding hydrogens is 199 g/mol. The van der Waals surface area contributed by atoms with E-state index in [1.54, 1.807) is 0 Å². The van der Waals surface area contributed by atoms with Gasteiger partial charge < -0.3 is 5.11 Å². The van der Waals surface area contributed by atoms with Gasteiger partial charge in [-0.15, -0.1) is 0 Å². The molecule has 0 rings (SSSR count). The first-order valence-corrected chi connectivity index (χ1v) is 4.57. The lowest BCUT2D eigenvalue weighted by molar-refractivity contribution is -0.121. The van der Waals surface area contributed by atoms with E-state index < -0.39 is 35.1 Å². The van der Waals surface area contributed by atoms with Crippen molar-refractivity contribution in [3.63, 3.8) is 0 Å². The second kappa shape index (κ2) is 4.06. The van der Waals surface area contributed by atoms with Crippen molar-refractivity contribution in [2.45, 2.75) is 6.18 Å². The molecule has 0 aromatic rings. The number of hydrogen-bond acceptors (Lipinski definition) is 3. The van der Waals surface area contributed by atoms with Gasteiger partial charge in [-0.05, 0) is 0 Å². The van der Waals surface area contributed by atoms with Crippen LogP contribution < -0.4 is 4.72 Å². The number of sulfonamides is 1. The van der Waals surface area contributed by atoms with Crippen LogP contribution in [-0.4, -0.2) is 38.6 Å². The molecule has 0 spiro atoms. The van der Waals surface area contributed by atoms with Crippen LogP contribution in [0.15, 0.2) is 0 Å². The number of aliphatic hydroxyl groups is 1. The predicted octanol–water partition coefficient (Wildman–Crippen LogP) is -0.540. The Balaban J connectivity index is 3.94. The first-order chi connectivity index (χ1) is 5.27. The number of rotatable bonds is 4. The van der Waals surface area contributed by atoms with Crippen LogP contribution in [0.2, 0.25) is 0 Å². The molecule has 12 heavy (non-hydrogen) atoms. The minimum atomic E-state index is -4.57. The van der Waals surface area contributed by atoms with Crippen molar-refractivity contribution in [1.29, 1.82) is 0 Å². The number of hydrogen-bond donors (Lipinski definition) is 2. The van der Waals surface area contributed by atoms with Crippen LogP contribution in [-0.2, 0) is 10.0 Å². The van der Waals surface area contributed by atoms with Crippen LogP contribution in [0, 0.1) is 0 Å². The van der Waals surface area contributed by atoms with E-state index in [2.05, 4.69) is 0 Å². The summed E-state index contributed by atoms with van der Waals surface area (Å²) < 4.78 is 56.6. The molecule has 0 aliphatic carbocycles. The highest BCUT2D eigenvalue weighted by Gasteiger charge is 2.29. The van der Waals surface area contributed by atoms with Crippen molar-refractivity contribution in [1.82, 2.24) is 4.72 Å². The Morgan fingerprint density at radius 2 is 1.83 bits per heavy atom. The summed E-state index contributed by atoms with van der Waals surface area (Å²) >= 11 is 0. The van der Waals surface area contributed by atoms with E-state index in [4.69, 9.17) is 5.11 Å². The Bertz CT molecular complexity index is 222. The third-order valence-electron chi connectivity index (χ3n) is 0.853. The third-order valence-corrected chi connectivity index (χ3v) is 2.16. The van der Waals surface area contributed by atoms with Gasteiger partial charge in [0.25, 0.3) is 0 Å². The van der Waals surface area contributed by atoms with Crippen LogP contribution in [0.4, 0.5) is 13.2 Å². The maximum Gasteiger partial charge on any atom is 0.402 e. The summed E-state index contributed by atoms with van der Waals surface area (Å²) in [7, 11) is -3.98. The van der Waals surface area contributed by atoms with Crippen molar-refractivity contribution in [3.8, 4) is 0 Å². The Kier molecular flexibility index (Phi) is 3.94. The SMILES string of the molecule is O=S(=O)(CCO)NCC(F)(F)F. The number of alkyl halides is 3. The van der Waals surface area contributed by atoms with Crippen molar-refractivity contribution in [2.75, 3.05) is 18.9 Å². The topological polar surface area (TPSA) is 66.4 Å². The monoisotopic (exact) mass is 207 g/mol. The fourth-order valence-corrected chi connectivity index (χ4v) is 1.15. The summed E-state index contributed by atoms with van der Waals surface area (Å²) in [5, 5.41) is 8.13. The Morgan fingerprint density at radius 1 is 1.33 bits per heavy atom. The molecule has 74 valence electrons. The highest BCUT2D eigenvalue weighted by Crippen LogP contribution is 2.12.